The van der Waals surface area contributed by atoms with Crippen LogP contribution < -0.4 is 0 Å². The quantitative estimate of drug-likeness (QED) is 0.722. The van der Waals surface area contributed by atoms with E-state index in [1.54, 1.807) is 0 Å². The molecule has 1 aromatic rings. The third-order valence-electron chi connectivity index (χ3n) is 2.81. The van der Waals surface area contributed by atoms with Crippen molar-refractivity contribution in [1.29, 1.82) is 0 Å². The topological polar surface area (TPSA) is 0 Å². The lowest BCUT2D eigenvalue weighted by atomic mass is 9.98. The Labute approximate surface area is 88.2 Å². The van der Waals surface area contributed by atoms with E-state index in [2.05, 4.69) is 15.9 Å². The molecule has 1 aromatic carbocycles. The smallest absolute Gasteiger partial charge is 0.206 e. The SMILES string of the molecule is CC1(c2ccc(Br)c(F)c2)CC1(F)F. The molecule has 0 radical (unpaired) electrons. The van der Waals surface area contributed by atoms with Crippen LogP contribution in [0.3, 0.4) is 0 Å². The number of rotatable bonds is 1. The summed E-state index contributed by atoms with van der Waals surface area (Å²) in [5.41, 5.74) is -0.808. The molecule has 1 aliphatic carbocycles. The largest absolute Gasteiger partial charge is 0.258 e. The second-order valence-electron chi connectivity index (χ2n) is 3.84. The molecule has 1 saturated carbocycles. The molecular formula is C10H8BrF3. The van der Waals surface area contributed by atoms with Gasteiger partial charge in [-0.25, -0.2) is 13.2 Å². The van der Waals surface area contributed by atoms with Crippen LogP contribution in [0.15, 0.2) is 22.7 Å². The number of hydrogen-bond acceptors (Lipinski definition) is 0. The second kappa shape index (κ2) is 2.75. The van der Waals surface area contributed by atoms with Crippen molar-refractivity contribution >= 4 is 15.9 Å². The van der Waals surface area contributed by atoms with Gasteiger partial charge in [-0.3, -0.25) is 0 Å². The number of alkyl halides is 2. The normalized spacial score (nSPS) is 28.9. The average molecular weight is 265 g/mol. The average Bonchev–Trinajstić information content (AvgIpc) is 2.58. The molecule has 0 spiro atoms. The minimum Gasteiger partial charge on any atom is -0.206 e. The molecule has 1 unspecified atom stereocenters. The van der Waals surface area contributed by atoms with E-state index in [-0.39, 0.29) is 6.42 Å². The standard InChI is InChI=1S/C10H8BrF3/c1-9(5-10(9,13)14)6-2-3-7(11)8(12)4-6/h2-4H,5H2,1H3. The van der Waals surface area contributed by atoms with Gasteiger partial charge >= 0.3 is 0 Å². The maximum atomic E-state index is 13.1. The molecule has 14 heavy (non-hydrogen) atoms. The van der Waals surface area contributed by atoms with E-state index in [1.807, 2.05) is 0 Å². The van der Waals surface area contributed by atoms with E-state index >= 15 is 0 Å². The van der Waals surface area contributed by atoms with Gasteiger partial charge in [0.05, 0.1) is 9.89 Å². The van der Waals surface area contributed by atoms with Crippen LogP contribution in [-0.2, 0) is 5.41 Å². The highest BCUT2D eigenvalue weighted by Gasteiger charge is 2.68. The molecule has 0 amide bonds. The van der Waals surface area contributed by atoms with Gasteiger partial charge in [0.15, 0.2) is 0 Å². The van der Waals surface area contributed by atoms with Crippen LogP contribution >= 0.6 is 15.9 Å². The third kappa shape index (κ3) is 1.28. The Balaban J connectivity index is 2.40. The van der Waals surface area contributed by atoms with Crippen molar-refractivity contribution in [2.24, 2.45) is 0 Å². The third-order valence-corrected chi connectivity index (χ3v) is 3.46. The summed E-state index contributed by atoms with van der Waals surface area (Å²) in [6.07, 6.45) is -0.193. The molecule has 76 valence electrons. The van der Waals surface area contributed by atoms with Crippen LogP contribution in [-0.4, -0.2) is 5.92 Å². The Bertz CT molecular complexity index is 389. The molecule has 0 nitrogen and oxygen atoms in total. The molecule has 0 heterocycles. The van der Waals surface area contributed by atoms with Crippen LogP contribution in [0.25, 0.3) is 0 Å². The predicted octanol–water partition coefficient (Wildman–Crippen LogP) is 3.88. The fraction of sp³-hybridized carbons (Fsp3) is 0.400. The molecule has 1 fully saturated rings. The molecule has 2 rings (SSSR count). The first-order valence-electron chi connectivity index (χ1n) is 4.20. The second-order valence-corrected chi connectivity index (χ2v) is 4.70. The first kappa shape index (κ1) is 10.0. The van der Waals surface area contributed by atoms with Gasteiger partial charge in [0, 0.05) is 6.42 Å². The van der Waals surface area contributed by atoms with E-state index in [0.29, 0.717) is 10.0 Å². The lowest BCUT2D eigenvalue weighted by Gasteiger charge is -2.10. The highest BCUT2D eigenvalue weighted by Crippen LogP contribution is 2.61. The van der Waals surface area contributed by atoms with Crippen molar-refractivity contribution in [3.05, 3.63) is 34.1 Å². The lowest BCUT2D eigenvalue weighted by Crippen LogP contribution is -2.11. The van der Waals surface area contributed by atoms with Gasteiger partial charge in [-0.1, -0.05) is 6.07 Å². The summed E-state index contributed by atoms with van der Waals surface area (Å²) >= 11 is 2.98. The van der Waals surface area contributed by atoms with Crippen molar-refractivity contribution in [2.45, 2.75) is 24.7 Å². The maximum Gasteiger partial charge on any atom is 0.258 e. The molecule has 0 aromatic heterocycles. The molecule has 0 N–H and O–H groups in total. The lowest BCUT2D eigenvalue weighted by molar-refractivity contribution is 0.0919. The number of halogens is 4. The van der Waals surface area contributed by atoms with E-state index in [1.165, 1.54) is 25.1 Å². The molecule has 0 saturated heterocycles. The van der Waals surface area contributed by atoms with E-state index < -0.39 is 17.2 Å². The van der Waals surface area contributed by atoms with E-state index in [9.17, 15) is 13.2 Å². The van der Waals surface area contributed by atoms with Gasteiger partial charge in [-0.15, -0.1) is 0 Å². The highest BCUT2D eigenvalue weighted by molar-refractivity contribution is 9.10. The summed E-state index contributed by atoms with van der Waals surface area (Å²) in [5, 5.41) is 0. The van der Waals surface area contributed by atoms with Crippen molar-refractivity contribution < 1.29 is 13.2 Å². The zero-order valence-electron chi connectivity index (χ0n) is 7.45. The Morgan fingerprint density at radius 2 is 1.93 bits per heavy atom. The van der Waals surface area contributed by atoms with E-state index in [0.717, 1.165) is 0 Å². The Hall–Kier alpha value is -0.510. The zero-order chi connectivity index (χ0) is 10.6. The molecule has 1 aliphatic rings. The predicted molar refractivity (Wildman–Crippen MR) is 51.0 cm³/mol. The highest BCUT2D eigenvalue weighted by atomic mass is 79.9. The van der Waals surface area contributed by atoms with Gasteiger partial charge < -0.3 is 0 Å². The Morgan fingerprint density at radius 1 is 1.36 bits per heavy atom. The molecule has 4 heteroatoms. The van der Waals surface area contributed by atoms with Crippen LogP contribution in [0.1, 0.15) is 18.9 Å². The summed E-state index contributed by atoms with van der Waals surface area (Å²) in [6, 6.07) is 4.17. The van der Waals surface area contributed by atoms with Gasteiger partial charge in [-0.05, 0) is 40.5 Å². The van der Waals surface area contributed by atoms with Gasteiger partial charge in [0.2, 0.25) is 0 Å². The van der Waals surface area contributed by atoms with Crippen LogP contribution in [0, 0.1) is 5.82 Å². The summed E-state index contributed by atoms with van der Waals surface area (Å²) in [5.74, 6) is -3.18. The maximum absolute atomic E-state index is 13.1. The van der Waals surface area contributed by atoms with Crippen molar-refractivity contribution in [2.75, 3.05) is 0 Å². The van der Waals surface area contributed by atoms with Gasteiger partial charge in [-0.2, -0.15) is 0 Å². The monoisotopic (exact) mass is 264 g/mol. The van der Waals surface area contributed by atoms with Crippen LogP contribution in [0.4, 0.5) is 13.2 Å². The van der Waals surface area contributed by atoms with Crippen molar-refractivity contribution in [3.8, 4) is 0 Å². The first-order valence-corrected chi connectivity index (χ1v) is 4.99. The summed E-state index contributed by atoms with van der Waals surface area (Å²) in [7, 11) is 0. The molecule has 0 bridgehead atoms. The van der Waals surface area contributed by atoms with Crippen molar-refractivity contribution in [3.63, 3.8) is 0 Å². The fourth-order valence-electron chi connectivity index (χ4n) is 1.55. The van der Waals surface area contributed by atoms with E-state index in [4.69, 9.17) is 0 Å². The molecular weight excluding hydrogens is 257 g/mol. The van der Waals surface area contributed by atoms with Crippen LogP contribution in [0.2, 0.25) is 0 Å². The van der Waals surface area contributed by atoms with Gasteiger partial charge in [0.25, 0.3) is 5.92 Å². The Kier molecular flexibility index (Phi) is 1.97. The Morgan fingerprint density at radius 3 is 2.36 bits per heavy atom. The summed E-state index contributed by atoms with van der Waals surface area (Å²) in [6.45, 7) is 1.45. The first-order chi connectivity index (χ1) is 6.37. The minimum absolute atomic E-state index is 0.193. The summed E-state index contributed by atoms with van der Waals surface area (Å²) in [4.78, 5) is 0. The molecule has 1 atom stereocenters. The number of hydrogen-bond donors (Lipinski definition) is 0. The fourth-order valence-corrected chi connectivity index (χ4v) is 1.80. The van der Waals surface area contributed by atoms with Crippen LogP contribution in [0.5, 0.6) is 0 Å². The van der Waals surface area contributed by atoms with Crippen molar-refractivity contribution in [1.82, 2.24) is 0 Å². The zero-order valence-corrected chi connectivity index (χ0v) is 9.04. The minimum atomic E-state index is -2.69. The number of benzene rings is 1. The van der Waals surface area contributed by atoms with Gasteiger partial charge in [0.1, 0.15) is 5.82 Å². The summed E-state index contributed by atoms with van der Waals surface area (Å²) < 4.78 is 39.3. The molecule has 0 aliphatic heterocycles.